The zero-order chi connectivity index (χ0) is 23.2. The highest BCUT2D eigenvalue weighted by molar-refractivity contribution is 7.16. The van der Waals surface area contributed by atoms with Crippen LogP contribution in [0.1, 0.15) is 33.3 Å². The maximum atomic E-state index is 13.1. The van der Waals surface area contributed by atoms with Crippen LogP contribution in [0.4, 0.5) is 10.8 Å². The van der Waals surface area contributed by atoms with Crippen molar-refractivity contribution in [3.05, 3.63) is 91.5 Å². The summed E-state index contributed by atoms with van der Waals surface area (Å²) in [6, 6.07) is 11.5. The van der Waals surface area contributed by atoms with Crippen molar-refractivity contribution >= 4 is 39.6 Å². The van der Waals surface area contributed by atoms with Crippen LogP contribution >= 0.6 is 11.3 Å². The molecule has 1 atom stereocenters. The van der Waals surface area contributed by atoms with E-state index in [1.165, 1.54) is 40.5 Å². The molecule has 8 nitrogen and oxygen atoms in total. The maximum absolute atomic E-state index is 13.1. The van der Waals surface area contributed by atoms with Crippen LogP contribution < -0.4 is 4.90 Å². The molecule has 2 aromatic carbocycles. The van der Waals surface area contributed by atoms with Crippen molar-refractivity contribution in [1.82, 2.24) is 4.98 Å². The second kappa shape index (κ2) is 8.01. The van der Waals surface area contributed by atoms with Gasteiger partial charge in [0.2, 0.25) is 0 Å². The molecule has 1 saturated heterocycles. The Labute approximate surface area is 187 Å². The number of hydrogen-bond donors (Lipinski definition) is 1. The summed E-state index contributed by atoms with van der Waals surface area (Å²) < 4.78 is 0. The Morgan fingerprint density at radius 3 is 2.22 bits per heavy atom. The first-order chi connectivity index (χ1) is 15.2. The van der Waals surface area contributed by atoms with Crippen LogP contribution in [0.2, 0.25) is 0 Å². The predicted octanol–water partition coefficient (Wildman–Crippen LogP) is 4.60. The van der Waals surface area contributed by atoms with Crippen molar-refractivity contribution in [3.63, 3.8) is 0 Å². The first-order valence-corrected chi connectivity index (χ1v) is 10.6. The third kappa shape index (κ3) is 3.56. The quantitative estimate of drug-likeness (QED) is 0.205. The second-order valence-electron chi connectivity index (χ2n) is 7.52. The zero-order valence-corrected chi connectivity index (χ0v) is 18.3. The van der Waals surface area contributed by atoms with E-state index in [1.807, 2.05) is 13.8 Å². The molecule has 1 aromatic heterocycles. The summed E-state index contributed by atoms with van der Waals surface area (Å²) >= 11 is 1.26. The third-order valence-electron chi connectivity index (χ3n) is 5.41. The van der Waals surface area contributed by atoms with E-state index in [0.717, 1.165) is 16.1 Å². The number of aromatic nitrogens is 1. The minimum Gasteiger partial charge on any atom is -0.507 e. The molecule has 32 heavy (non-hydrogen) atoms. The number of thiazole rings is 1. The summed E-state index contributed by atoms with van der Waals surface area (Å²) in [5, 5.41) is 22.5. The molecule has 4 rings (SSSR count). The van der Waals surface area contributed by atoms with Gasteiger partial charge in [-0.15, -0.1) is 11.3 Å². The molecule has 1 fully saturated rings. The fourth-order valence-corrected chi connectivity index (χ4v) is 4.49. The Hall–Kier alpha value is -3.85. The smallest absolute Gasteiger partial charge is 0.301 e. The monoisotopic (exact) mass is 449 g/mol. The van der Waals surface area contributed by atoms with E-state index in [1.54, 1.807) is 31.2 Å². The Kier molecular flexibility index (Phi) is 5.35. The number of Topliss-reactive ketones (excluding diaryl/α,β-unsaturated/α-hetero) is 1. The normalized spacial score (nSPS) is 17.7. The molecule has 0 unspecified atom stereocenters. The average Bonchev–Trinajstić information content (AvgIpc) is 3.23. The maximum Gasteiger partial charge on any atom is 0.301 e. The van der Waals surface area contributed by atoms with Gasteiger partial charge in [-0.25, -0.2) is 4.98 Å². The number of aliphatic hydroxyl groups is 1. The zero-order valence-electron chi connectivity index (χ0n) is 17.5. The van der Waals surface area contributed by atoms with Crippen LogP contribution in [-0.4, -0.2) is 26.7 Å². The number of ketones is 1. The first-order valence-electron chi connectivity index (χ1n) is 9.75. The van der Waals surface area contributed by atoms with E-state index in [9.17, 15) is 24.8 Å². The summed E-state index contributed by atoms with van der Waals surface area (Å²) in [4.78, 5) is 43.3. The van der Waals surface area contributed by atoms with Crippen molar-refractivity contribution in [2.24, 2.45) is 0 Å². The fourth-order valence-electron chi connectivity index (χ4n) is 3.55. The number of nitro benzene ring substituents is 1. The number of nitro groups is 1. The molecule has 0 radical (unpaired) electrons. The van der Waals surface area contributed by atoms with Gasteiger partial charge in [0.1, 0.15) is 5.76 Å². The number of aryl methyl sites for hydroxylation is 3. The van der Waals surface area contributed by atoms with Gasteiger partial charge in [0, 0.05) is 22.6 Å². The molecule has 1 aliphatic rings. The van der Waals surface area contributed by atoms with Gasteiger partial charge in [0.25, 0.3) is 11.5 Å². The molecule has 0 spiro atoms. The molecule has 1 N–H and O–H groups in total. The molecule has 2 heterocycles. The molecule has 162 valence electrons. The first kappa shape index (κ1) is 21.4. The van der Waals surface area contributed by atoms with E-state index in [2.05, 4.69) is 4.98 Å². The van der Waals surface area contributed by atoms with E-state index in [0.29, 0.717) is 16.3 Å². The highest BCUT2D eigenvalue weighted by Gasteiger charge is 2.48. The number of amides is 1. The van der Waals surface area contributed by atoms with E-state index >= 15 is 0 Å². The molecular weight excluding hydrogens is 430 g/mol. The lowest BCUT2D eigenvalue weighted by atomic mass is 9.95. The van der Waals surface area contributed by atoms with Gasteiger partial charge >= 0.3 is 5.91 Å². The Morgan fingerprint density at radius 2 is 1.69 bits per heavy atom. The summed E-state index contributed by atoms with van der Waals surface area (Å²) in [6.07, 6.45) is 0. The third-order valence-corrected chi connectivity index (χ3v) is 6.48. The summed E-state index contributed by atoms with van der Waals surface area (Å²) in [5.41, 5.74) is 2.35. The van der Waals surface area contributed by atoms with Crippen LogP contribution in [0.15, 0.2) is 54.1 Å². The van der Waals surface area contributed by atoms with E-state index < -0.39 is 22.7 Å². The second-order valence-corrected chi connectivity index (χ2v) is 8.70. The van der Waals surface area contributed by atoms with Gasteiger partial charge in [-0.3, -0.25) is 24.6 Å². The number of rotatable bonds is 4. The van der Waals surface area contributed by atoms with Crippen LogP contribution in [0, 0.1) is 30.9 Å². The van der Waals surface area contributed by atoms with Gasteiger partial charge in [-0.05, 0) is 38.5 Å². The van der Waals surface area contributed by atoms with Crippen LogP contribution in [0.3, 0.4) is 0 Å². The number of carbonyl (C=O) groups excluding carboxylic acids is 2. The molecule has 0 aliphatic carbocycles. The van der Waals surface area contributed by atoms with Gasteiger partial charge in [0.15, 0.2) is 5.13 Å². The average molecular weight is 449 g/mol. The predicted molar refractivity (Wildman–Crippen MR) is 121 cm³/mol. The Balaban J connectivity index is 1.93. The summed E-state index contributed by atoms with van der Waals surface area (Å²) in [5.74, 6) is -1.95. The molecule has 3 aromatic rings. The summed E-state index contributed by atoms with van der Waals surface area (Å²) in [6.45, 7) is 5.56. The van der Waals surface area contributed by atoms with Crippen molar-refractivity contribution in [1.29, 1.82) is 0 Å². The van der Waals surface area contributed by atoms with Gasteiger partial charge in [-0.1, -0.05) is 29.8 Å². The highest BCUT2D eigenvalue weighted by atomic mass is 32.1. The number of aliphatic hydroxyl groups excluding tert-OH is 1. The minimum absolute atomic E-state index is 0.0850. The summed E-state index contributed by atoms with van der Waals surface area (Å²) in [7, 11) is 0. The Bertz CT molecular complexity index is 1260. The van der Waals surface area contributed by atoms with E-state index in [-0.39, 0.29) is 17.0 Å². The standard InChI is InChI=1S/C23H19N3O5S/c1-12-4-6-16(7-5-12)20(27)18-19(15-8-10-17(11-9-15)26(30)31)25(22(29)21(18)28)23-24-13(2)14(3)32-23/h4-11,19,27H,1-3H3/t19-/m1/s1. The van der Waals surface area contributed by atoms with Crippen LogP contribution in [-0.2, 0) is 9.59 Å². The lowest BCUT2D eigenvalue weighted by Gasteiger charge is -2.23. The van der Waals surface area contributed by atoms with Gasteiger partial charge < -0.3 is 5.11 Å². The van der Waals surface area contributed by atoms with E-state index in [4.69, 9.17) is 0 Å². The molecule has 1 amide bonds. The number of non-ortho nitro benzene ring substituents is 1. The number of nitrogens with zero attached hydrogens (tertiary/aromatic N) is 3. The SMILES string of the molecule is Cc1ccc(C(O)=C2C(=O)C(=O)N(c3nc(C)c(C)s3)[C@@H]2c2ccc([N+](=O)[O-])cc2)cc1. The molecular formula is C23H19N3O5S. The van der Waals surface area contributed by atoms with Crippen molar-refractivity contribution < 1.29 is 19.6 Å². The fraction of sp³-hybridized carbons (Fsp3) is 0.174. The number of carbonyl (C=O) groups is 2. The van der Waals surface area contributed by atoms with Crippen molar-refractivity contribution in [3.8, 4) is 0 Å². The van der Waals surface area contributed by atoms with Crippen LogP contribution in [0.5, 0.6) is 0 Å². The number of benzene rings is 2. The largest absolute Gasteiger partial charge is 0.507 e. The molecule has 0 bridgehead atoms. The van der Waals surface area contributed by atoms with Crippen molar-refractivity contribution in [2.75, 3.05) is 4.90 Å². The minimum atomic E-state index is -0.970. The topological polar surface area (TPSA) is 114 Å². The Morgan fingerprint density at radius 1 is 1.06 bits per heavy atom. The van der Waals surface area contributed by atoms with Gasteiger partial charge in [-0.2, -0.15) is 0 Å². The lowest BCUT2D eigenvalue weighted by molar-refractivity contribution is -0.384. The molecule has 1 aliphatic heterocycles. The lowest BCUT2D eigenvalue weighted by Crippen LogP contribution is -2.29. The highest BCUT2D eigenvalue weighted by Crippen LogP contribution is 2.44. The number of hydrogen-bond acceptors (Lipinski definition) is 7. The van der Waals surface area contributed by atoms with Crippen molar-refractivity contribution in [2.45, 2.75) is 26.8 Å². The number of anilines is 1. The molecule has 9 heteroatoms. The van der Waals surface area contributed by atoms with Gasteiger partial charge in [0.05, 0.1) is 22.2 Å². The molecule has 0 saturated carbocycles. The van der Waals surface area contributed by atoms with Crippen LogP contribution in [0.25, 0.3) is 5.76 Å².